The van der Waals surface area contributed by atoms with Crippen molar-refractivity contribution in [3.63, 3.8) is 0 Å². The summed E-state index contributed by atoms with van der Waals surface area (Å²) in [5.41, 5.74) is 2.30. The highest BCUT2D eigenvalue weighted by Gasteiger charge is 2.24. The van der Waals surface area contributed by atoms with Gasteiger partial charge in [-0.2, -0.15) is 0 Å². The molecule has 0 spiro atoms. The summed E-state index contributed by atoms with van der Waals surface area (Å²) in [6.07, 6.45) is 1.00. The number of aliphatic imine (C=N–C) groups is 1. The first kappa shape index (κ1) is 11.3. The van der Waals surface area contributed by atoms with Crippen LogP contribution in [0.1, 0.15) is 18.1 Å². The number of nitrogens with one attached hydrogen (secondary N) is 2. The number of nitrogens with zero attached hydrogens (tertiary/aromatic N) is 1. The van der Waals surface area contributed by atoms with Gasteiger partial charge in [0.2, 0.25) is 5.96 Å². The molecule has 0 saturated carbocycles. The van der Waals surface area contributed by atoms with Crippen molar-refractivity contribution in [3.8, 4) is 0 Å². The molecule has 0 aromatic heterocycles. The van der Waals surface area contributed by atoms with Crippen molar-refractivity contribution in [2.24, 2.45) is 4.99 Å². The molecule has 1 fully saturated rings. The summed E-state index contributed by atoms with van der Waals surface area (Å²) >= 11 is 0. The van der Waals surface area contributed by atoms with Gasteiger partial charge in [-0.05, 0) is 17.5 Å². The van der Waals surface area contributed by atoms with E-state index in [1.54, 1.807) is 0 Å². The fourth-order valence-corrected chi connectivity index (χ4v) is 1.49. The largest absolute Gasteiger partial charge is 0.316 e. The molecule has 1 aliphatic heterocycles. The van der Waals surface area contributed by atoms with Crippen molar-refractivity contribution in [3.05, 3.63) is 35.4 Å². The molecule has 1 saturated heterocycles. The Hall–Kier alpha value is -2.17. The van der Waals surface area contributed by atoms with Crippen molar-refractivity contribution in [2.75, 3.05) is 0 Å². The predicted octanol–water partition coefficient (Wildman–Crippen LogP) is 0.351. The third kappa shape index (κ3) is 2.69. The van der Waals surface area contributed by atoms with E-state index in [1.807, 2.05) is 24.3 Å². The maximum absolute atomic E-state index is 10.9. The first-order valence-corrected chi connectivity index (χ1v) is 5.43. The molecule has 2 amide bonds. The molecule has 2 N–H and O–H groups in total. The van der Waals surface area contributed by atoms with Crippen LogP contribution in [0, 0.1) is 0 Å². The molecule has 0 unspecified atom stereocenters. The van der Waals surface area contributed by atoms with Crippen LogP contribution in [0.5, 0.6) is 0 Å². The fraction of sp³-hybridized carbons (Fsp3) is 0.250. The molecule has 1 heterocycles. The first-order chi connectivity index (χ1) is 8.19. The van der Waals surface area contributed by atoms with E-state index in [0.717, 1.165) is 12.0 Å². The van der Waals surface area contributed by atoms with Crippen molar-refractivity contribution in [2.45, 2.75) is 19.9 Å². The van der Waals surface area contributed by atoms with Crippen LogP contribution in [-0.2, 0) is 22.6 Å². The molecule has 2 rings (SSSR count). The van der Waals surface area contributed by atoms with E-state index in [1.165, 1.54) is 5.56 Å². The topological polar surface area (TPSA) is 70.6 Å². The summed E-state index contributed by atoms with van der Waals surface area (Å²) in [6, 6.07) is 8.06. The van der Waals surface area contributed by atoms with Gasteiger partial charge in [0.1, 0.15) is 0 Å². The number of rotatable bonds is 3. The van der Waals surface area contributed by atoms with E-state index in [4.69, 9.17) is 0 Å². The van der Waals surface area contributed by atoms with E-state index < -0.39 is 11.8 Å². The molecular formula is C12H13N3O2. The van der Waals surface area contributed by atoms with Gasteiger partial charge in [0.25, 0.3) is 0 Å². The minimum Gasteiger partial charge on any atom is -0.288 e. The number of carbonyl (C=O) groups is 2. The Labute approximate surface area is 98.9 Å². The standard InChI is InChI=1S/C12H13N3O2/c1-2-8-3-5-9(6-4-8)7-13-12-14-10(16)11(17)15-12/h3-6H,2,7H2,1H3,(H2,13,14,15,16,17). The lowest BCUT2D eigenvalue weighted by atomic mass is 10.1. The van der Waals surface area contributed by atoms with Crippen LogP contribution in [0.4, 0.5) is 0 Å². The molecule has 0 bridgehead atoms. The number of amides is 2. The molecule has 0 radical (unpaired) electrons. The van der Waals surface area contributed by atoms with Gasteiger partial charge in [-0.3, -0.25) is 20.2 Å². The molecule has 1 aliphatic rings. The predicted molar refractivity (Wildman–Crippen MR) is 63.2 cm³/mol. The molecule has 1 aromatic carbocycles. The van der Waals surface area contributed by atoms with Crippen LogP contribution in [0.3, 0.4) is 0 Å². The molecule has 88 valence electrons. The van der Waals surface area contributed by atoms with Gasteiger partial charge >= 0.3 is 11.8 Å². The number of guanidine groups is 1. The summed E-state index contributed by atoms with van der Waals surface area (Å²) in [5.74, 6) is -1.10. The Bertz CT molecular complexity index is 459. The summed E-state index contributed by atoms with van der Waals surface area (Å²) in [7, 11) is 0. The summed E-state index contributed by atoms with van der Waals surface area (Å²) in [5, 5.41) is 4.69. The van der Waals surface area contributed by atoms with Crippen LogP contribution in [-0.4, -0.2) is 17.8 Å². The molecule has 5 nitrogen and oxygen atoms in total. The Morgan fingerprint density at radius 2 is 1.53 bits per heavy atom. The summed E-state index contributed by atoms with van der Waals surface area (Å²) < 4.78 is 0. The van der Waals surface area contributed by atoms with Crippen LogP contribution in [0.15, 0.2) is 29.3 Å². The van der Waals surface area contributed by atoms with Crippen molar-refractivity contribution in [1.82, 2.24) is 10.6 Å². The van der Waals surface area contributed by atoms with Crippen molar-refractivity contribution < 1.29 is 9.59 Å². The Kier molecular flexibility index (Phi) is 3.18. The van der Waals surface area contributed by atoms with E-state index in [-0.39, 0.29) is 5.96 Å². The highest BCUT2D eigenvalue weighted by Crippen LogP contribution is 2.06. The second-order valence-corrected chi connectivity index (χ2v) is 3.74. The van der Waals surface area contributed by atoms with Gasteiger partial charge in [-0.1, -0.05) is 31.2 Å². The SMILES string of the molecule is CCc1ccc(CN=C2NC(=O)C(=O)N2)cc1. The lowest BCUT2D eigenvalue weighted by molar-refractivity contribution is -0.135. The van der Waals surface area contributed by atoms with Gasteiger partial charge in [0.05, 0.1) is 6.54 Å². The van der Waals surface area contributed by atoms with Crippen LogP contribution in [0.2, 0.25) is 0 Å². The van der Waals surface area contributed by atoms with E-state index in [2.05, 4.69) is 22.5 Å². The van der Waals surface area contributed by atoms with Crippen LogP contribution >= 0.6 is 0 Å². The van der Waals surface area contributed by atoms with Gasteiger partial charge < -0.3 is 0 Å². The van der Waals surface area contributed by atoms with E-state index in [0.29, 0.717) is 6.54 Å². The normalized spacial score (nSPS) is 14.5. The minimum atomic E-state index is -0.662. The minimum absolute atomic E-state index is 0.222. The average molecular weight is 231 g/mol. The molecule has 17 heavy (non-hydrogen) atoms. The van der Waals surface area contributed by atoms with Crippen LogP contribution in [0.25, 0.3) is 0 Å². The molecule has 1 aromatic rings. The number of hydrogen-bond acceptors (Lipinski definition) is 3. The Morgan fingerprint density at radius 1 is 1.00 bits per heavy atom. The third-order valence-electron chi connectivity index (χ3n) is 2.52. The third-order valence-corrected chi connectivity index (χ3v) is 2.52. The fourth-order valence-electron chi connectivity index (χ4n) is 1.49. The van der Waals surface area contributed by atoms with Crippen molar-refractivity contribution in [1.29, 1.82) is 0 Å². The summed E-state index contributed by atoms with van der Waals surface area (Å²) in [4.78, 5) is 25.9. The van der Waals surface area contributed by atoms with Crippen molar-refractivity contribution >= 4 is 17.8 Å². The number of hydrogen-bond donors (Lipinski definition) is 2. The van der Waals surface area contributed by atoms with Gasteiger partial charge in [-0.15, -0.1) is 0 Å². The molecule has 0 aliphatic carbocycles. The number of carbonyl (C=O) groups excluding carboxylic acids is 2. The Morgan fingerprint density at radius 3 is 2.06 bits per heavy atom. The lowest BCUT2D eigenvalue weighted by Crippen LogP contribution is -2.25. The Balaban J connectivity index is 2.00. The quantitative estimate of drug-likeness (QED) is 0.737. The zero-order valence-electron chi connectivity index (χ0n) is 9.49. The number of aryl methyl sites for hydroxylation is 1. The highest BCUT2D eigenvalue weighted by atomic mass is 16.2. The van der Waals surface area contributed by atoms with Gasteiger partial charge in [0, 0.05) is 0 Å². The maximum atomic E-state index is 10.9. The molecule has 0 atom stereocenters. The summed E-state index contributed by atoms with van der Waals surface area (Å²) in [6.45, 7) is 2.53. The first-order valence-electron chi connectivity index (χ1n) is 5.43. The monoisotopic (exact) mass is 231 g/mol. The zero-order valence-corrected chi connectivity index (χ0v) is 9.49. The van der Waals surface area contributed by atoms with E-state index >= 15 is 0 Å². The zero-order chi connectivity index (χ0) is 12.3. The molecular weight excluding hydrogens is 218 g/mol. The van der Waals surface area contributed by atoms with Gasteiger partial charge in [0.15, 0.2) is 0 Å². The second kappa shape index (κ2) is 4.78. The maximum Gasteiger partial charge on any atom is 0.316 e. The van der Waals surface area contributed by atoms with Gasteiger partial charge in [-0.25, -0.2) is 4.99 Å². The molecule has 5 heteroatoms. The lowest BCUT2D eigenvalue weighted by Gasteiger charge is -2.00. The second-order valence-electron chi connectivity index (χ2n) is 3.74. The average Bonchev–Trinajstić information content (AvgIpc) is 2.67. The van der Waals surface area contributed by atoms with E-state index in [9.17, 15) is 9.59 Å². The van der Waals surface area contributed by atoms with Crippen LogP contribution < -0.4 is 10.6 Å². The number of benzene rings is 1. The smallest absolute Gasteiger partial charge is 0.288 e. The highest BCUT2D eigenvalue weighted by molar-refractivity contribution is 6.45.